The van der Waals surface area contributed by atoms with Gasteiger partial charge in [-0.05, 0) is 23.6 Å². The quantitative estimate of drug-likeness (QED) is 0.567. The molecule has 23 heavy (non-hydrogen) atoms. The molecule has 1 aromatic rings. The Morgan fingerprint density at radius 2 is 1.70 bits per heavy atom. The van der Waals surface area contributed by atoms with Crippen LogP contribution in [0.25, 0.3) is 0 Å². The van der Waals surface area contributed by atoms with Crippen molar-refractivity contribution in [3.8, 4) is 5.75 Å². The lowest BCUT2D eigenvalue weighted by Crippen LogP contribution is -2.55. The summed E-state index contributed by atoms with van der Waals surface area (Å²) in [6.07, 6.45) is 0.201. The second kappa shape index (κ2) is 8.17. The van der Waals surface area contributed by atoms with Crippen LogP contribution < -0.4 is 16.4 Å². The van der Waals surface area contributed by atoms with Crippen LogP contribution in [-0.2, 0) is 20.8 Å². The number of phenolic OH excluding ortho intramolecular Hbond substituents is 1. The summed E-state index contributed by atoms with van der Waals surface area (Å²) in [5.41, 5.74) is 6.09. The molecule has 2 atom stereocenters. The van der Waals surface area contributed by atoms with Gasteiger partial charge in [-0.3, -0.25) is 14.4 Å². The number of primary amides is 1. The SMILES string of the molecule is CC(=O)N[C@H](C(=O)N[C@@H](Cc1ccc(O)cc1)C(N)=O)C(C)C. The number of phenols is 1. The molecule has 1 aromatic carbocycles. The normalized spacial score (nSPS) is 13.2. The lowest BCUT2D eigenvalue weighted by Gasteiger charge is -2.24. The highest BCUT2D eigenvalue weighted by Crippen LogP contribution is 2.11. The highest BCUT2D eigenvalue weighted by Gasteiger charge is 2.27. The van der Waals surface area contributed by atoms with Gasteiger partial charge < -0.3 is 21.5 Å². The number of rotatable bonds is 7. The fourth-order valence-corrected chi connectivity index (χ4v) is 2.11. The maximum atomic E-state index is 12.3. The van der Waals surface area contributed by atoms with Crippen molar-refractivity contribution in [2.75, 3.05) is 0 Å². The van der Waals surface area contributed by atoms with E-state index < -0.39 is 23.9 Å². The number of aromatic hydroxyl groups is 1. The molecule has 0 fully saturated rings. The molecule has 0 unspecified atom stereocenters. The zero-order valence-electron chi connectivity index (χ0n) is 13.5. The first-order valence-corrected chi connectivity index (χ1v) is 7.35. The lowest BCUT2D eigenvalue weighted by molar-refractivity contribution is -0.131. The summed E-state index contributed by atoms with van der Waals surface area (Å²) in [5, 5.41) is 14.4. The summed E-state index contributed by atoms with van der Waals surface area (Å²) in [6.45, 7) is 4.91. The van der Waals surface area contributed by atoms with Gasteiger partial charge in [0.1, 0.15) is 17.8 Å². The first-order valence-electron chi connectivity index (χ1n) is 7.35. The largest absolute Gasteiger partial charge is 0.508 e. The summed E-state index contributed by atoms with van der Waals surface area (Å²) >= 11 is 0. The Morgan fingerprint density at radius 3 is 2.13 bits per heavy atom. The predicted molar refractivity (Wildman–Crippen MR) is 85.4 cm³/mol. The Labute approximate surface area is 135 Å². The molecule has 7 nitrogen and oxygen atoms in total. The van der Waals surface area contributed by atoms with Crippen LogP contribution >= 0.6 is 0 Å². The molecule has 1 rings (SSSR count). The van der Waals surface area contributed by atoms with E-state index in [4.69, 9.17) is 5.73 Å². The van der Waals surface area contributed by atoms with Gasteiger partial charge in [0, 0.05) is 13.3 Å². The molecule has 0 heterocycles. The van der Waals surface area contributed by atoms with Crippen LogP contribution in [0.2, 0.25) is 0 Å². The Balaban J connectivity index is 2.81. The van der Waals surface area contributed by atoms with Crippen molar-refractivity contribution < 1.29 is 19.5 Å². The Morgan fingerprint density at radius 1 is 1.13 bits per heavy atom. The molecule has 0 saturated heterocycles. The molecule has 0 aliphatic heterocycles. The van der Waals surface area contributed by atoms with Crippen molar-refractivity contribution in [2.45, 2.75) is 39.3 Å². The number of carbonyl (C=O) groups excluding carboxylic acids is 3. The molecule has 0 aromatic heterocycles. The maximum absolute atomic E-state index is 12.3. The van der Waals surface area contributed by atoms with Gasteiger partial charge in [-0.2, -0.15) is 0 Å². The third kappa shape index (κ3) is 5.98. The van der Waals surface area contributed by atoms with Gasteiger partial charge in [0.2, 0.25) is 17.7 Å². The first kappa shape index (κ1) is 18.5. The molecule has 126 valence electrons. The molecule has 3 amide bonds. The van der Waals surface area contributed by atoms with Gasteiger partial charge in [0.25, 0.3) is 0 Å². The van der Waals surface area contributed by atoms with Crippen molar-refractivity contribution in [3.05, 3.63) is 29.8 Å². The lowest BCUT2D eigenvalue weighted by atomic mass is 10.0. The number of benzene rings is 1. The van der Waals surface area contributed by atoms with Gasteiger partial charge in [-0.1, -0.05) is 26.0 Å². The Bertz CT molecular complexity index is 569. The van der Waals surface area contributed by atoms with E-state index >= 15 is 0 Å². The molecule has 0 radical (unpaired) electrons. The number of amides is 3. The fraction of sp³-hybridized carbons (Fsp3) is 0.438. The van der Waals surface area contributed by atoms with E-state index in [1.54, 1.807) is 26.0 Å². The van der Waals surface area contributed by atoms with Crippen LogP contribution in [0.5, 0.6) is 5.75 Å². The van der Waals surface area contributed by atoms with Crippen LogP contribution in [-0.4, -0.2) is 34.9 Å². The van der Waals surface area contributed by atoms with Gasteiger partial charge in [0.15, 0.2) is 0 Å². The topological polar surface area (TPSA) is 122 Å². The standard InChI is InChI=1S/C16H23N3O4/c1-9(2)14(18-10(3)20)16(23)19-13(15(17)22)8-11-4-6-12(21)7-5-11/h4-7,9,13-14,21H,8H2,1-3H3,(H2,17,22)(H,18,20)(H,19,23)/t13-,14-/m0/s1. The minimum absolute atomic E-state index is 0.110. The smallest absolute Gasteiger partial charge is 0.243 e. The van der Waals surface area contributed by atoms with Crippen LogP contribution in [0.4, 0.5) is 0 Å². The molecule has 0 spiro atoms. The minimum atomic E-state index is -0.901. The monoisotopic (exact) mass is 321 g/mol. The van der Waals surface area contributed by atoms with Crippen molar-refractivity contribution in [1.29, 1.82) is 0 Å². The van der Waals surface area contributed by atoms with Crippen LogP contribution in [0.3, 0.4) is 0 Å². The summed E-state index contributed by atoms with van der Waals surface area (Å²) in [6, 6.07) is 4.62. The molecule has 0 bridgehead atoms. The van der Waals surface area contributed by atoms with E-state index in [0.717, 1.165) is 5.56 Å². The van der Waals surface area contributed by atoms with Gasteiger partial charge >= 0.3 is 0 Å². The molecule has 0 saturated carbocycles. The Hall–Kier alpha value is -2.57. The number of hydrogen-bond donors (Lipinski definition) is 4. The second-order valence-electron chi connectivity index (χ2n) is 5.76. The van der Waals surface area contributed by atoms with Gasteiger partial charge in [-0.25, -0.2) is 0 Å². The summed E-state index contributed by atoms with van der Waals surface area (Å²) < 4.78 is 0. The third-order valence-electron chi connectivity index (χ3n) is 3.34. The number of nitrogens with two attached hydrogens (primary N) is 1. The van der Waals surface area contributed by atoms with E-state index in [-0.39, 0.29) is 24.0 Å². The molecule has 5 N–H and O–H groups in total. The molecule has 7 heteroatoms. The third-order valence-corrected chi connectivity index (χ3v) is 3.34. The summed E-state index contributed by atoms with van der Waals surface area (Å²) in [7, 11) is 0. The second-order valence-corrected chi connectivity index (χ2v) is 5.76. The van der Waals surface area contributed by atoms with Crippen molar-refractivity contribution >= 4 is 17.7 Å². The summed E-state index contributed by atoms with van der Waals surface area (Å²) in [5.74, 6) is -1.48. The van der Waals surface area contributed by atoms with Crippen molar-refractivity contribution in [2.24, 2.45) is 11.7 Å². The van der Waals surface area contributed by atoms with Crippen LogP contribution in [0.15, 0.2) is 24.3 Å². The zero-order valence-corrected chi connectivity index (χ0v) is 13.5. The average Bonchev–Trinajstić information content (AvgIpc) is 2.45. The number of carbonyl (C=O) groups is 3. The van der Waals surface area contributed by atoms with Crippen LogP contribution in [0, 0.1) is 5.92 Å². The molecule has 0 aliphatic rings. The number of hydrogen-bond acceptors (Lipinski definition) is 4. The maximum Gasteiger partial charge on any atom is 0.243 e. The minimum Gasteiger partial charge on any atom is -0.508 e. The predicted octanol–water partition coefficient (Wildman–Crippen LogP) is 0.0655. The van der Waals surface area contributed by atoms with Crippen LogP contribution in [0.1, 0.15) is 26.3 Å². The molecule has 0 aliphatic carbocycles. The van der Waals surface area contributed by atoms with E-state index in [1.807, 2.05) is 0 Å². The average molecular weight is 321 g/mol. The van der Waals surface area contributed by atoms with Crippen molar-refractivity contribution in [3.63, 3.8) is 0 Å². The van der Waals surface area contributed by atoms with Crippen molar-refractivity contribution in [1.82, 2.24) is 10.6 Å². The van der Waals surface area contributed by atoms with E-state index in [9.17, 15) is 19.5 Å². The molecular weight excluding hydrogens is 298 g/mol. The highest BCUT2D eigenvalue weighted by molar-refractivity contribution is 5.91. The van der Waals surface area contributed by atoms with E-state index in [2.05, 4.69) is 10.6 Å². The fourth-order valence-electron chi connectivity index (χ4n) is 2.11. The summed E-state index contributed by atoms with van der Waals surface area (Å²) in [4.78, 5) is 35.1. The first-order chi connectivity index (χ1) is 10.7. The zero-order chi connectivity index (χ0) is 17.6. The van der Waals surface area contributed by atoms with E-state index in [0.29, 0.717) is 0 Å². The number of nitrogens with one attached hydrogen (secondary N) is 2. The van der Waals surface area contributed by atoms with Gasteiger partial charge in [0.05, 0.1) is 0 Å². The van der Waals surface area contributed by atoms with E-state index in [1.165, 1.54) is 19.1 Å². The highest BCUT2D eigenvalue weighted by atomic mass is 16.3. The van der Waals surface area contributed by atoms with Gasteiger partial charge in [-0.15, -0.1) is 0 Å². The molecular formula is C16H23N3O4. The Kier molecular flexibility index (Phi) is 6.56.